The minimum Gasteiger partial charge on any atom is -0.340 e. The summed E-state index contributed by atoms with van der Waals surface area (Å²) < 4.78 is 0. The summed E-state index contributed by atoms with van der Waals surface area (Å²) in [4.78, 5) is 29.1. The van der Waals surface area contributed by atoms with Crippen molar-refractivity contribution in [1.29, 1.82) is 0 Å². The first-order chi connectivity index (χ1) is 13.8. The molecular formula is C24H31N3O2. The maximum Gasteiger partial charge on any atom is 0.238 e. The molecule has 5 heteroatoms. The van der Waals surface area contributed by atoms with E-state index in [1.54, 1.807) is 0 Å². The van der Waals surface area contributed by atoms with Crippen molar-refractivity contribution < 1.29 is 9.59 Å². The van der Waals surface area contributed by atoms with Crippen LogP contribution in [0.15, 0.2) is 36.4 Å². The van der Waals surface area contributed by atoms with Crippen molar-refractivity contribution in [3.05, 3.63) is 64.2 Å². The van der Waals surface area contributed by atoms with E-state index >= 15 is 0 Å². The molecule has 0 bridgehead atoms. The van der Waals surface area contributed by atoms with Crippen molar-refractivity contribution >= 4 is 17.5 Å². The Morgan fingerprint density at radius 3 is 2.14 bits per heavy atom. The second-order valence-electron chi connectivity index (χ2n) is 8.07. The molecule has 0 spiro atoms. The summed E-state index contributed by atoms with van der Waals surface area (Å²) in [5.74, 6) is 0.158. The van der Waals surface area contributed by atoms with Crippen LogP contribution in [0, 0.1) is 27.7 Å². The van der Waals surface area contributed by atoms with Crippen LogP contribution in [0.4, 0.5) is 5.69 Å². The molecule has 0 radical (unpaired) electrons. The van der Waals surface area contributed by atoms with Crippen molar-refractivity contribution in [2.24, 2.45) is 0 Å². The Kier molecular flexibility index (Phi) is 6.70. The van der Waals surface area contributed by atoms with Gasteiger partial charge in [-0.05, 0) is 55.5 Å². The van der Waals surface area contributed by atoms with Gasteiger partial charge in [-0.25, -0.2) is 0 Å². The maximum atomic E-state index is 12.6. The summed E-state index contributed by atoms with van der Waals surface area (Å²) in [6.07, 6.45) is 0.439. The van der Waals surface area contributed by atoms with Crippen LogP contribution in [-0.4, -0.2) is 54.3 Å². The van der Waals surface area contributed by atoms with Gasteiger partial charge in [0.25, 0.3) is 0 Å². The molecule has 1 fully saturated rings. The number of anilines is 1. The van der Waals surface area contributed by atoms with Crippen LogP contribution in [0.1, 0.15) is 27.8 Å². The molecule has 1 aliphatic rings. The Balaban J connectivity index is 1.48. The lowest BCUT2D eigenvalue weighted by atomic mass is 10.0. The Morgan fingerprint density at radius 2 is 1.52 bits per heavy atom. The molecule has 0 saturated carbocycles. The molecule has 1 saturated heterocycles. The zero-order valence-corrected chi connectivity index (χ0v) is 17.9. The number of amides is 2. The van der Waals surface area contributed by atoms with E-state index < -0.39 is 0 Å². The fourth-order valence-corrected chi connectivity index (χ4v) is 3.75. The molecule has 0 atom stereocenters. The second kappa shape index (κ2) is 9.23. The van der Waals surface area contributed by atoms with E-state index in [-0.39, 0.29) is 11.8 Å². The van der Waals surface area contributed by atoms with Gasteiger partial charge in [-0.15, -0.1) is 0 Å². The normalized spacial score (nSPS) is 14.7. The first-order valence-electron chi connectivity index (χ1n) is 10.3. The summed E-state index contributed by atoms with van der Waals surface area (Å²) in [5.41, 5.74) is 6.57. The van der Waals surface area contributed by atoms with Gasteiger partial charge < -0.3 is 10.2 Å². The van der Waals surface area contributed by atoms with Crippen LogP contribution >= 0.6 is 0 Å². The molecular weight excluding hydrogens is 362 g/mol. The summed E-state index contributed by atoms with van der Waals surface area (Å²) in [5, 5.41) is 3.04. The average Bonchev–Trinajstić information content (AvgIpc) is 2.68. The van der Waals surface area contributed by atoms with Crippen molar-refractivity contribution in [2.45, 2.75) is 34.1 Å². The van der Waals surface area contributed by atoms with Crippen molar-refractivity contribution in [2.75, 3.05) is 38.0 Å². The number of benzene rings is 2. The van der Waals surface area contributed by atoms with Crippen LogP contribution < -0.4 is 5.32 Å². The smallest absolute Gasteiger partial charge is 0.238 e. The number of rotatable bonds is 5. The molecule has 1 N–H and O–H groups in total. The van der Waals surface area contributed by atoms with Gasteiger partial charge >= 0.3 is 0 Å². The Bertz CT molecular complexity index is 879. The highest BCUT2D eigenvalue weighted by molar-refractivity contribution is 5.93. The molecule has 1 heterocycles. The number of nitrogens with zero attached hydrogens (tertiary/aromatic N) is 2. The number of hydrogen-bond donors (Lipinski definition) is 1. The fraction of sp³-hybridized carbons (Fsp3) is 0.417. The number of carbonyl (C=O) groups is 2. The zero-order valence-electron chi connectivity index (χ0n) is 17.9. The second-order valence-corrected chi connectivity index (χ2v) is 8.07. The highest BCUT2D eigenvalue weighted by Gasteiger charge is 2.23. The van der Waals surface area contributed by atoms with Gasteiger partial charge in [-0.3, -0.25) is 14.5 Å². The van der Waals surface area contributed by atoms with Gasteiger partial charge in [0.1, 0.15) is 0 Å². The van der Waals surface area contributed by atoms with Crippen LogP contribution in [0.2, 0.25) is 0 Å². The van der Waals surface area contributed by atoms with Crippen molar-refractivity contribution in [3.63, 3.8) is 0 Å². The minimum atomic E-state index is -0.00249. The van der Waals surface area contributed by atoms with E-state index in [1.807, 2.05) is 43.0 Å². The molecule has 2 amide bonds. The van der Waals surface area contributed by atoms with Gasteiger partial charge in [0, 0.05) is 31.9 Å². The van der Waals surface area contributed by atoms with Crippen LogP contribution in [0.5, 0.6) is 0 Å². The van der Waals surface area contributed by atoms with Crippen molar-refractivity contribution in [3.8, 4) is 0 Å². The lowest BCUT2D eigenvalue weighted by molar-refractivity contribution is -0.132. The molecule has 1 aliphatic heterocycles. The lowest BCUT2D eigenvalue weighted by Gasteiger charge is -2.34. The lowest BCUT2D eigenvalue weighted by Crippen LogP contribution is -2.50. The average molecular weight is 394 g/mol. The first-order valence-corrected chi connectivity index (χ1v) is 10.3. The van der Waals surface area contributed by atoms with Crippen molar-refractivity contribution in [1.82, 2.24) is 9.80 Å². The molecule has 0 unspecified atom stereocenters. The molecule has 0 aromatic heterocycles. The molecule has 0 aliphatic carbocycles. The number of carbonyl (C=O) groups excluding carboxylic acids is 2. The van der Waals surface area contributed by atoms with Gasteiger partial charge in [-0.1, -0.05) is 36.4 Å². The topological polar surface area (TPSA) is 52.7 Å². The molecule has 154 valence electrons. The van der Waals surface area contributed by atoms with Crippen LogP contribution in [0.25, 0.3) is 0 Å². The standard InChI is InChI=1S/C24H31N3O2/c1-17-8-9-21(14-20(17)4)15-23(29)27-12-10-26(11-13-27)16-22(28)25-24-18(2)6-5-7-19(24)3/h5-9,14H,10-13,15-16H2,1-4H3,(H,25,28). The SMILES string of the molecule is Cc1ccc(CC(=O)N2CCN(CC(=O)Nc3c(C)cccc3C)CC2)cc1C. The van der Waals surface area contributed by atoms with E-state index in [4.69, 9.17) is 0 Å². The summed E-state index contributed by atoms with van der Waals surface area (Å²) >= 11 is 0. The maximum absolute atomic E-state index is 12.6. The monoisotopic (exact) mass is 393 g/mol. The third-order valence-corrected chi connectivity index (χ3v) is 5.76. The Labute approximate surface area is 173 Å². The van der Waals surface area contributed by atoms with E-state index in [2.05, 4.69) is 36.2 Å². The Hall–Kier alpha value is -2.66. The van der Waals surface area contributed by atoms with E-state index in [0.29, 0.717) is 26.1 Å². The number of aryl methyl sites for hydroxylation is 4. The van der Waals surface area contributed by atoms with Gasteiger partial charge in [0.2, 0.25) is 11.8 Å². The van der Waals surface area contributed by atoms with E-state index in [9.17, 15) is 9.59 Å². The van der Waals surface area contributed by atoms with E-state index in [0.717, 1.165) is 35.5 Å². The third kappa shape index (κ3) is 5.45. The predicted molar refractivity (Wildman–Crippen MR) is 117 cm³/mol. The minimum absolute atomic E-state index is 0.00249. The van der Waals surface area contributed by atoms with E-state index in [1.165, 1.54) is 11.1 Å². The van der Waals surface area contributed by atoms with Gasteiger partial charge in [0.05, 0.1) is 13.0 Å². The highest BCUT2D eigenvalue weighted by atomic mass is 16.2. The molecule has 3 rings (SSSR count). The van der Waals surface area contributed by atoms with Crippen LogP contribution in [0.3, 0.4) is 0 Å². The molecule has 5 nitrogen and oxygen atoms in total. The third-order valence-electron chi connectivity index (χ3n) is 5.76. The molecule has 2 aromatic rings. The van der Waals surface area contributed by atoms with Crippen LogP contribution in [-0.2, 0) is 16.0 Å². The number of hydrogen-bond acceptors (Lipinski definition) is 3. The number of piperazine rings is 1. The highest BCUT2D eigenvalue weighted by Crippen LogP contribution is 2.19. The number of nitrogens with one attached hydrogen (secondary N) is 1. The molecule has 29 heavy (non-hydrogen) atoms. The summed E-state index contributed by atoms with van der Waals surface area (Å²) in [6, 6.07) is 12.2. The summed E-state index contributed by atoms with van der Waals surface area (Å²) in [6.45, 7) is 11.3. The molecule has 2 aromatic carbocycles. The Morgan fingerprint density at radius 1 is 0.862 bits per heavy atom. The summed E-state index contributed by atoms with van der Waals surface area (Å²) in [7, 11) is 0. The predicted octanol–water partition coefficient (Wildman–Crippen LogP) is 3.25. The number of para-hydroxylation sites is 1. The van der Waals surface area contributed by atoms with Gasteiger partial charge in [-0.2, -0.15) is 0 Å². The quantitative estimate of drug-likeness (QED) is 0.848. The van der Waals surface area contributed by atoms with Gasteiger partial charge in [0.15, 0.2) is 0 Å². The zero-order chi connectivity index (χ0) is 21.0. The largest absolute Gasteiger partial charge is 0.340 e. The first kappa shape index (κ1) is 21.1. The fourth-order valence-electron chi connectivity index (χ4n) is 3.75.